The molecule has 0 unspecified atom stereocenters. The van der Waals surface area contributed by atoms with Gasteiger partial charge < -0.3 is 14.2 Å². The first-order valence-corrected chi connectivity index (χ1v) is 9.36. The van der Waals surface area contributed by atoms with Crippen LogP contribution in [0.3, 0.4) is 0 Å². The Morgan fingerprint density at radius 3 is 2.00 bits per heavy atom. The summed E-state index contributed by atoms with van der Waals surface area (Å²) in [6.45, 7) is 13.8. The molecule has 0 atom stereocenters. The van der Waals surface area contributed by atoms with Crippen LogP contribution in [-0.4, -0.2) is 25.8 Å². The fourth-order valence-corrected chi connectivity index (χ4v) is 3.12. The van der Waals surface area contributed by atoms with E-state index in [4.69, 9.17) is 18.9 Å². The second-order valence-corrected chi connectivity index (χ2v) is 6.58. The zero-order chi connectivity index (χ0) is 18.7. The Morgan fingerprint density at radius 1 is 0.960 bits per heavy atom. The van der Waals surface area contributed by atoms with Crippen LogP contribution in [-0.2, 0) is 18.9 Å². The summed E-state index contributed by atoms with van der Waals surface area (Å²) in [6.07, 6.45) is 5.08. The van der Waals surface area contributed by atoms with E-state index in [0.717, 1.165) is 18.8 Å². The first-order chi connectivity index (χ1) is 12.2. The van der Waals surface area contributed by atoms with E-state index in [1.807, 2.05) is 13.8 Å². The van der Waals surface area contributed by atoms with E-state index in [1.54, 1.807) is 0 Å². The molecular formula is C21H32O4. The van der Waals surface area contributed by atoms with Crippen molar-refractivity contribution in [1.82, 2.24) is 0 Å². The molecule has 25 heavy (non-hydrogen) atoms. The second-order valence-electron chi connectivity index (χ2n) is 6.58. The van der Waals surface area contributed by atoms with Gasteiger partial charge in [-0.25, -0.2) is 0 Å². The summed E-state index contributed by atoms with van der Waals surface area (Å²) in [5.74, 6) is 1.15. The van der Waals surface area contributed by atoms with Gasteiger partial charge >= 0.3 is 11.3 Å². The zero-order valence-electron chi connectivity index (χ0n) is 16.0. The number of hydrogen-bond acceptors (Lipinski definition) is 3. The fourth-order valence-electron chi connectivity index (χ4n) is 3.12. The first-order valence-electron chi connectivity index (χ1n) is 9.36. The SMILES string of the molecule is CC.Cc1ccc(C2COC(OC3CCC(C)CC3)OC2)cc1.[C-]#[O+]. The van der Waals surface area contributed by atoms with Gasteiger partial charge in [-0.1, -0.05) is 50.6 Å². The van der Waals surface area contributed by atoms with E-state index in [2.05, 4.69) is 44.8 Å². The van der Waals surface area contributed by atoms with Gasteiger partial charge in [-0.15, -0.1) is 0 Å². The Labute approximate surface area is 152 Å². The third-order valence-corrected chi connectivity index (χ3v) is 4.68. The molecule has 0 spiro atoms. The molecule has 1 heterocycles. The van der Waals surface area contributed by atoms with Crippen LogP contribution in [0.2, 0.25) is 0 Å². The van der Waals surface area contributed by atoms with Crippen molar-refractivity contribution in [1.29, 1.82) is 0 Å². The first kappa shape index (κ1) is 21.9. The Balaban J connectivity index is 0.000000730. The van der Waals surface area contributed by atoms with Gasteiger partial charge in [0.15, 0.2) is 0 Å². The molecule has 0 N–H and O–H groups in total. The Kier molecular flexibility index (Phi) is 10.7. The fraction of sp³-hybridized carbons (Fsp3) is 0.667. The molecular weight excluding hydrogens is 316 g/mol. The predicted octanol–water partition coefficient (Wildman–Crippen LogP) is 4.99. The average Bonchev–Trinajstić information content (AvgIpc) is 2.68. The summed E-state index contributed by atoms with van der Waals surface area (Å²) >= 11 is 0. The molecule has 4 heteroatoms. The molecule has 0 radical (unpaired) electrons. The standard InChI is InChI=1S/C18H26O3.C2H6.CO/c1-13-3-7-15(8-4-13)16-11-19-18(20-12-16)21-17-9-5-14(2)6-10-17;2*1-2/h3-4,7-8,14,16-18H,5-6,9-12H2,1-2H3;1-2H3;. The third-order valence-electron chi connectivity index (χ3n) is 4.68. The van der Waals surface area contributed by atoms with E-state index >= 15 is 0 Å². The molecule has 4 nitrogen and oxygen atoms in total. The van der Waals surface area contributed by atoms with Crippen LogP contribution in [0.4, 0.5) is 0 Å². The van der Waals surface area contributed by atoms with Crippen molar-refractivity contribution in [2.24, 2.45) is 5.92 Å². The second kappa shape index (κ2) is 12.2. The number of benzene rings is 1. The summed E-state index contributed by atoms with van der Waals surface area (Å²) < 4.78 is 25.0. The number of rotatable bonds is 3. The van der Waals surface area contributed by atoms with Crippen LogP contribution in [0, 0.1) is 19.5 Å². The van der Waals surface area contributed by atoms with E-state index in [-0.39, 0.29) is 0 Å². The molecule has 1 aromatic rings. The summed E-state index contributed by atoms with van der Waals surface area (Å²) in [4.78, 5) is 0. The van der Waals surface area contributed by atoms with Crippen LogP contribution in [0.5, 0.6) is 0 Å². The van der Waals surface area contributed by atoms with Gasteiger partial charge in [0.1, 0.15) is 0 Å². The van der Waals surface area contributed by atoms with Crippen LogP contribution in [0.1, 0.15) is 63.5 Å². The van der Waals surface area contributed by atoms with Crippen molar-refractivity contribution >= 4 is 0 Å². The molecule has 1 saturated heterocycles. The molecule has 1 aliphatic carbocycles. The van der Waals surface area contributed by atoms with Crippen LogP contribution in [0.15, 0.2) is 24.3 Å². The molecule has 1 aromatic carbocycles. The molecule has 1 saturated carbocycles. The predicted molar refractivity (Wildman–Crippen MR) is 97.4 cm³/mol. The maximum atomic E-state index is 7.50. The zero-order valence-corrected chi connectivity index (χ0v) is 16.0. The monoisotopic (exact) mass is 348 g/mol. The molecule has 2 aliphatic rings. The van der Waals surface area contributed by atoms with Crippen molar-refractivity contribution in [3.8, 4) is 0 Å². The van der Waals surface area contributed by atoms with Crippen molar-refractivity contribution in [2.45, 2.75) is 71.9 Å². The third kappa shape index (κ3) is 7.31. The van der Waals surface area contributed by atoms with Crippen molar-refractivity contribution in [2.75, 3.05) is 13.2 Å². The minimum absolute atomic E-state index is 0.308. The Hall–Kier alpha value is -1.16. The summed E-state index contributed by atoms with van der Waals surface area (Å²) in [5, 5.41) is 0. The minimum atomic E-state index is -0.467. The quantitative estimate of drug-likeness (QED) is 0.571. The van der Waals surface area contributed by atoms with E-state index in [1.165, 1.54) is 24.0 Å². The van der Waals surface area contributed by atoms with Gasteiger partial charge in [-0.2, -0.15) is 0 Å². The average molecular weight is 348 g/mol. The number of ether oxygens (including phenoxy) is 3. The molecule has 0 bridgehead atoms. The molecule has 1 aliphatic heterocycles. The van der Waals surface area contributed by atoms with E-state index < -0.39 is 6.48 Å². The van der Waals surface area contributed by atoms with Crippen molar-refractivity contribution in [3.05, 3.63) is 42.0 Å². The topological polar surface area (TPSA) is 47.6 Å². The van der Waals surface area contributed by atoms with E-state index in [0.29, 0.717) is 25.2 Å². The molecule has 140 valence electrons. The van der Waals surface area contributed by atoms with Crippen LogP contribution in [0.25, 0.3) is 0 Å². The normalized spacial score (nSPS) is 28.7. The van der Waals surface area contributed by atoms with Gasteiger partial charge in [0.05, 0.1) is 19.3 Å². The van der Waals surface area contributed by atoms with Gasteiger partial charge in [-0.3, -0.25) is 0 Å². The van der Waals surface area contributed by atoms with Gasteiger partial charge in [0.2, 0.25) is 0 Å². The maximum absolute atomic E-state index is 7.50. The van der Waals surface area contributed by atoms with Crippen LogP contribution < -0.4 is 0 Å². The summed E-state index contributed by atoms with van der Waals surface area (Å²) in [6, 6.07) is 8.61. The molecule has 0 amide bonds. The Bertz CT molecular complexity index is 466. The van der Waals surface area contributed by atoms with Crippen molar-refractivity contribution < 1.29 is 18.9 Å². The van der Waals surface area contributed by atoms with Gasteiger partial charge in [0.25, 0.3) is 6.48 Å². The van der Waals surface area contributed by atoms with Crippen molar-refractivity contribution in [3.63, 3.8) is 0 Å². The van der Waals surface area contributed by atoms with Gasteiger partial charge in [0, 0.05) is 5.92 Å². The van der Waals surface area contributed by atoms with Gasteiger partial charge in [-0.05, 0) is 44.1 Å². The Morgan fingerprint density at radius 2 is 1.48 bits per heavy atom. The molecule has 2 fully saturated rings. The molecule has 0 aromatic heterocycles. The summed E-state index contributed by atoms with van der Waals surface area (Å²) in [5.41, 5.74) is 2.56. The number of hydrogen-bond donors (Lipinski definition) is 0. The van der Waals surface area contributed by atoms with Crippen LogP contribution >= 0.6 is 0 Å². The number of aryl methyl sites for hydroxylation is 1. The summed E-state index contributed by atoms with van der Waals surface area (Å²) in [7, 11) is 0. The molecule has 3 rings (SSSR count). The van der Waals surface area contributed by atoms with E-state index in [9.17, 15) is 0 Å².